The number of aryl methyl sites for hydroxylation is 1. The van der Waals surface area contributed by atoms with Gasteiger partial charge in [0.2, 0.25) is 15.7 Å². The lowest BCUT2D eigenvalue weighted by Gasteiger charge is -2.12. The van der Waals surface area contributed by atoms with Gasteiger partial charge in [0, 0.05) is 43.2 Å². The van der Waals surface area contributed by atoms with Gasteiger partial charge in [-0.2, -0.15) is 0 Å². The number of aromatic amines is 1. The van der Waals surface area contributed by atoms with Crippen molar-refractivity contribution in [3.63, 3.8) is 0 Å². The van der Waals surface area contributed by atoms with Gasteiger partial charge in [0.15, 0.2) is 0 Å². The van der Waals surface area contributed by atoms with E-state index >= 15 is 0 Å². The summed E-state index contributed by atoms with van der Waals surface area (Å²) >= 11 is 0. The second-order valence-corrected chi connectivity index (χ2v) is 10.9. The average Bonchev–Trinajstić information content (AvgIpc) is 3.37. The van der Waals surface area contributed by atoms with E-state index in [0.29, 0.717) is 39.5 Å². The Kier molecular flexibility index (Phi) is 7.14. The molecule has 38 heavy (non-hydrogen) atoms. The number of rotatable bonds is 8. The summed E-state index contributed by atoms with van der Waals surface area (Å²) in [5.41, 5.74) is 2.31. The molecule has 1 aliphatic rings. The van der Waals surface area contributed by atoms with Gasteiger partial charge in [-0.25, -0.2) is 13.2 Å². The Labute approximate surface area is 219 Å². The molecule has 3 N–H and O–H groups in total. The summed E-state index contributed by atoms with van der Waals surface area (Å²) in [6, 6.07) is 10.2. The molecule has 2 heterocycles. The summed E-state index contributed by atoms with van der Waals surface area (Å²) in [6.07, 6.45) is 1.66. The molecule has 0 radical (unpaired) electrons. The molecule has 0 spiro atoms. The van der Waals surface area contributed by atoms with Crippen molar-refractivity contribution < 1.29 is 32.6 Å². The Hall–Kier alpha value is -4.38. The molecular weight excluding hydrogens is 510 g/mol. The van der Waals surface area contributed by atoms with Crippen molar-refractivity contribution in [1.82, 2.24) is 9.88 Å². The molecule has 2 aromatic carbocycles. The van der Waals surface area contributed by atoms with Gasteiger partial charge in [-0.1, -0.05) is 6.07 Å². The standard InChI is InChI=1S/C27H27N3O7S/c1-15-25(38(35,36)18-7-5-6-16(12-18)27(33)34)19(9-11-24(31)30(2)3)23(28-15)14-21-20-13-17(37-4)8-10-22(20)29-26(21)32/h5-8,10,12-14,28H,9,11H2,1-4H3,(H,29,32)(H,33,34)/b21-14-. The van der Waals surface area contributed by atoms with Gasteiger partial charge in [0.1, 0.15) is 5.75 Å². The van der Waals surface area contributed by atoms with Crippen molar-refractivity contribution in [2.75, 3.05) is 26.5 Å². The molecule has 0 bridgehead atoms. The number of nitrogens with one attached hydrogen (secondary N) is 2. The highest BCUT2D eigenvalue weighted by atomic mass is 32.2. The summed E-state index contributed by atoms with van der Waals surface area (Å²) in [7, 11) is 0.537. The molecule has 3 aromatic rings. The minimum atomic E-state index is -4.19. The van der Waals surface area contributed by atoms with Crippen LogP contribution >= 0.6 is 0 Å². The quantitative estimate of drug-likeness (QED) is 0.374. The molecule has 2 amide bonds. The van der Waals surface area contributed by atoms with E-state index in [1.54, 1.807) is 45.3 Å². The second-order valence-electron chi connectivity index (χ2n) is 9.02. The zero-order valence-corrected chi connectivity index (χ0v) is 22.1. The topological polar surface area (TPSA) is 146 Å². The number of sulfone groups is 1. The van der Waals surface area contributed by atoms with Crippen LogP contribution < -0.4 is 10.1 Å². The van der Waals surface area contributed by atoms with Crippen LogP contribution in [0.1, 0.15) is 39.3 Å². The van der Waals surface area contributed by atoms with Gasteiger partial charge >= 0.3 is 5.97 Å². The first-order valence-electron chi connectivity index (χ1n) is 11.7. The highest BCUT2D eigenvalue weighted by molar-refractivity contribution is 7.91. The number of amides is 2. The lowest BCUT2D eigenvalue weighted by atomic mass is 10.0. The second kappa shape index (κ2) is 10.2. The van der Waals surface area contributed by atoms with Crippen molar-refractivity contribution in [3.8, 4) is 5.75 Å². The molecule has 0 unspecified atom stereocenters. The average molecular weight is 538 g/mol. The molecule has 11 heteroatoms. The van der Waals surface area contributed by atoms with Crippen LogP contribution in [0, 0.1) is 6.92 Å². The van der Waals surface area contributed by atoms with Gasteiger partial charge in [-0.05, 0) is 61.4 Å². The highest BCUT2D eigenvalue weighted by Gasteiger charge is 2.30. The van der Waals surface area contributed by atoms with Gasteiger partial charge in [-0.3, -0.25) is 9.59 Å². The fourth-order valence-electron chi connectivity index (χ4n) is 4.37. The number of carboxylic acid groups (broad SMARTS) is 1. The minimum Gasteiger partial charge on any atom is -0.497 e. The maximum absolute atomic E-state index is 13.8. The number of H-pyrrole nitrogens is 1. The Morgan fingerprint density at radius 2 is 1.87 bits per heavy atom. The number of fused-ring (bicyclic) bond motifs is 1. The van der Waals surface area contributed by atoms with E-state index in [1.807, 2.05) is 0 Å². The number of methoxy groups -OCH3 is 1. The number of carbonyl (C=O) groups is 3. The summed E-state index contributed by atoms with van der Waals surface area (Å²) in [4.78, 5) is 41.0. The third-order valence-corrected chi connectivity index (χ3v) is 8.27. The van der Waals surface area contributed by atoms with E-state index in [0.717, 1.165) is 6.07 Å². The molecular formula is C27H27N3O7S. The maximum atomic E-state index is 13.8. The monoisotopic (exact) mass is 537 g/mol. The number of hydrogen-bond acceptors (Lipinski definition) is 6. The summed E-state index contributed by atoms with van der Waals surface area (Å²) in [6.45, 7) is 1.58. The van der Waals surface area contributed by atoms with Crippen LogP contribution in [-0.2, 0) is 25.8 Å². The number of benzene rings is 2. The zero-order valence-electron chi connectivity index (χ0n) is 21.3. The SMILES string of the molecule is COc1ccc2c(c1)/C(=C/c1[nH]c(C)c(S(=O)(=O)c3cccc(C(=O)O)c3)c1CCC(=O)N(C)C)C(=O)N2. The van der Waals surface area contributed by atoms with Crippen molar-refractivity contribution in [2.45, 2.75) is 29.6 Å². The molecule has 0 fully saturated rings. The lowest BCUT2D eigenvalue weighted by Crippen LogP contribution is -2.22. The lowest BCUT2D eigenvalue weighted by molar-refractivity contribution is -0.128. The van der Waals surface area contributed by atoms with E-state index < -0.39 is 15.8 Å². The molecule has 0 saturated heterocycles. The van der Waals surface area contributed by atoms with Crippen LogP contribution in [0.5, 0.6) is 5.75 Å². The number of anilines is 1. The number of ether oxygens (including phenoxy) is 1. The highest BCUT2D eigenvalue weighted by Crippen LogP contribution is 2.38. The first-order chi connectivity index (χ1) is 17.9. The van der Waals surface area contributed by atoms with Crippen LogP contribution in [0.25, 0.3) is 11.6 Å². The Bertz CT molecular complexity index is 1600. The summed E-state index contributed by atoms with van der Waals surface area (Å²) in [5.74, 6) is -1.27. The van der Waals surface area contributed by atoms with E-state index in [-0.39, 0.29) is 40.0 Å². The normalized spacial score (nSPS) is 13.8. The molecule has 4 rings (SSSR count). The number of nitrogens with zero attached hydrogens (tertiary/aromatic N) is 1. The van der Waals surface area contributed by atoms with Gasteiger partial charge in [-0.15, -0.1) is 0 Å². The third kappa shape index (κ3) is 4.92. The number of hydrogen-bond donors (Lipinski definition) is 3. The predicted molar refractivity (Wildman–Crippen MR) is 141 cm³/mol. The number of carboxylic acids is 1. The van der Waals surface area contributed by atoms with E-state index in [2.05, 4.69) is 10.3 Å². The minimum absolute atomic E-state index is 0.0226. The van der Waals surface area contributed by atoms with E-state index in [9.17, 15) is 27.9 Å². The smallest absolute Gasteiger partial charge is 0.335 e. The largest absolute Gasteiger partial charge is 0.497 e. The molecule has 198 valence electrons. The Balaban J connectivity index is 1.90. The third-order valence-electron chi connectivity index (χ3n) is 6.31. The Morgan fingerprint density at radius 3 is 2.53 bits per heavy atom. The van der Waals surface area contributed by atoms with Crippen LogP contribution in [0.15, 0.2) is 52.3 Å². The molecule has 1 aliphatic heterocycles. The number of carbonyl (C=O) groups excluding carboxylic acids is 2. The van der Waals surface area contributed by atoms with Crippen LogP contribution in [-0.4, -0.2) is 62.4 Å². The number of aromatic carboxylic acids is 1. The van der Waals surface area contributed by atoms with Gasteiger partial charge < -0.3 is 25.0 Å². The van der Waals surface area contributed by atoms with Crippen molar-refractivity contribution >= 4 is 45.0 Å². The fourth-order valence-corrected chi connectivity index (χ4v) is 6.14. The van der Waals surface area contributed by atoms with E-state index in [4.69, 9.17) is 4.74 Å². The summed E-state index contributed by atoms with van der Waals surface area (Å²) in [5, 5.41) is 12.1. The maximum Gasteiger partial charge on any atom is 0.335 e. The molecule has 0 saturated carbocycles. The first-order valence-corrected chi connectivity index (χ1v) is 13.1. The van der Waals surface area contributed by atoms with Crippen LogP contribution in [0.4, 0.5) is 5.69 Å². The zero-order chi connectivity index (χ0) is 27.8. The van der Waals surface area contributed by atoms with Crippen molar-refractivity contribution in [1.29, 1.82) is 0 Å². The molecule has 0 aliphatic carbocycles. The van der Waals surface area contributed by atoms with Crippen molar-refractivity contribution in [3.05, 3.63) is 70.5 Å². The predicted octanol–water partition coefficient (Wildman–Crippen LogP) is 3.38. The van der Waals surface area contributed by atoms with Crippen LogP contribution in [0.2, 0.25) is 0 Å². The van der Waals surface area contributed by atoms with E-state index in [1.165, 1.54) is 30.2 Å². The molecule has 1 aromatic heterocycles. The Morgan fingerprint density at radius 1 is 1.13 bits per heavy atom. The van der Waals surface area contributed by atoms with Gasteiger partial charge in [0.05, 0.1) is 28.0 Å². The van der Waals surface area contributed by atoms with Crippen LogP contribution in [0.3, 0.4) is 0 Å². The molecule has 10 nitrogen and oxygen atoms in total. The van der Waals surface area contributed by atoms with Crippen molar-refractivity contribution in [2.24, 2.45) is 0 Å². The first kappa shape index (κ1) is 26.7. The van der Waals surface area contributed by atoms with Gasteiger partial charge in [0.25, 0.3) is 5.91 Å². The fraction of sp³-hybridized carbons (Fsp3) is 0.222. The summed E-state index contributed by atoms with van der Waals surface area (Å²) < 4.78 is 32.9. The molecule has 0 atom stereocenters. The number of aromatic nitrogens is 1.